The molecule has 36 heavy (non-hydrogen) atoms. The Morgan fingerprint density at radius 3 is 1.83 bits per heavy atom. The van der Waals surface area contributed by atoms with Crippen LogP contribution < -0.4 is 16.0 Å². The molecule has 4 N–H and O–H groups in total. The van der Waals surface area contributed by atoms with E-state index in [1.807, 2.05) is 0 Å². The Morgan fingerprint density at radius 2 is 1.44 bits per heavy atom. The third-order valence-corrected chi connectivity index (χ3v) is 4.45. The number of terminal acetylenes is 1. The van der Waals surface area contributed by atoms with Crippen molar-refractivity contribution in [3.63, 3.8) is 0 Å². The third-order valence-electron chi connectivity index (χ3n) is 4.45. The van der Waals surface area contributed by atoms with Crippen molar-refractivity contribution in [3.05, 3.63) is 47.3 Å². The van der Waals surface area contributed by atoms with Crippen molar-refractivity contribution in [3.8, 4) is 12.3 Å². The number of carbonyl (C=O) groups excluding carboxylic acids is 1. The first-order valence-electron chi connectivity index (χ1n) is 10.2. The van der Waals surface area contributed by atoms with Crippen LogP contribution in [0, 0.1) is 24.0 Å². The number of nitrogens with zero attached hydrogens (tertiary/aromatic N) is 2. The third kappa shape index (κ3) is 9.69. The van der Waals surface area contributed by atoms with Crippen molar-refractivity contribution in [2.24, 2.45) is 0 Å². The van der Waals surface area contributed by atoms with Crippen LogP contribution >= 0.6 is 0 Å². The van der Waals surface area contributed by atoms with E-state index in [0.29, 0.717) is 12.5 Å². The van der Waals surface area contributed by atoms with Crippen LogP contribution in [0.5, 0.6) is 0 Å². The monoisotopic (exact) mass is 519 g/mol. The van der Waals surface area contributed by atoms with Crippen LogP contribution in [0.1, 0.15) is 41.0 Å². The molecule has 1 unspecified atom stereocenters. The van der Waals surface area contributed by atoms with Gasteiger partial charge in [0.2, 0.25) is 0 Å². The first-order chi connectivity index (χ1) is 16.8. The largest absolute Gasteiger partial charge is 0.478 e. The molecule has 2 rings (SSSR count). The molecule has 2 aromatic rings. The van der Waals surface area contributed by atoms with Crippen molar-refractivity contribution in [1.29, 1.82) is 0 Å². The summed E-state index contributed by atoms with van der Waals surface area (Å²) in [7, 11) is 0. The minimum absolute atomic E-state index is 0.121. The van der Waals surface area contributed by atoms with E-state index in [4.69, 9.17) is 11.5 Å². The van der Waals surface area contributed by atoms with Crippen molar-refractivity contribution in [2.45, 2.75) is 38.7 Å². The highest BCUT2D eigenvalue weighted by molar-refractivity contribution is 5.99. The molecule has 2 heterocycles. The molecule has 1 amide bonds. The molecule has 14 heteroatoms. The minimum Gasteiger partial charge on any atom is -0.478 e. The Hall–Kier alpha value is -4.02. The maximum Gasteiger partial charge on any atom is 0.339 e. The second kappa shape index (κ2) is 13.8. The van der Waals surface area contributed by atoms with Gasteiger partial charge in [0.05, 0.1) is 36.6 Å². The van der Waals surface area contributed by atoms with Crippen LogP contribution in [0.25, 0.3) is 0 Å². The number of aromatic carboxylic acids is 1. The molecular weight excluding hydrogens is 496 g/mol. The molecule has 0 spiro atoms. The van der Waals surface area contributed by atoms with E-state index < -0.39 is 60.6 Å². The van der Waals surface area contributed by atoms with Gasteiger partial charge in [0, 0.05) is 0 Å². The lowest BCUT2D eigenvalue weighted by Gasteiger charge is -2.24. The number of carboxylic acid groups (broad SMARTS) is 1. The summed E-state index contributed by atoms with van der Waals surface area (Å²) < 4.78 is 73.9. The topological polar surface area (TPSA) is 116 Å². The number of hydrogen-bond donors (Lipinski definition) is 4. The summed E-state index contributed by atoms with van der Waals surface area (Å²) in [5.74, 6) is -1.67. The molecule has 0 aliphatic rings. The van der Waals surface area contributed by atoms with Crippen LogP contribution in [0.4, 0.5) is 38.0 Å². The average molecular weight is 519 g/mol. The number of anilines is 2. The SMILES string of the molecule is C#CC(C)(CC)NC(=O)c1cc(F)cnc1NCC(F)F.O=C(O)c1cc(F)cnc1NCC(F)F. The predicted octanol–water partition coefficient (Wildman–Crippen LogP) is 4.03. The molecule has 2 aromatic heterocycles. The lowest BCUT2D eigenvalue weighted by Crippen LogP contribution is -2.44. The van der Waals surface area contributed by atoms with Gasteiger partial charge < -0.3 is 21.1 Å². The quantitative estimate of drug-likeness (QED) is 0.277. The number of hydrogen-bond acceptors (Lipinski definition) is 6. The Bertz CT molecular complexity index is 1100. The van der Waals surface area contributed by atoms with Gasteiger partial charge in [-0.05, 0) is 25.5 Å². The minimum atomic E-state index is -2.64. The van der Waals surface area contributed by atoms with E-state index in [-0.39, 0.29) is 17.2 Å². The van der Waals surface area contributed by atoms with E-state index in [0.717, 1.165) is 18.5 Å². The molecule has 0 bridgehead atoms. The van der Waals surface area contributed by atoms with Crippen LogP contribution in [-0.2, 0) is 0 Å². The average Bonchev–Trinajstić information content (AvgIpc) is 2.82. The zero-order chi connectivity index (χ0) is 27.5. The standard InChI is InChI=1S/C14H16F3N3O.C8H7F3N2O2/c1-4-14(3,5-2)20-13(21)10-6-9(15)7-18-12(10)19-8-11(16)17;9-4-1-5(8(14)15)7(12-2-4)13-3-6(10)11/h1,6-7,11H,5,8H2,2-3H3,(H,18,19)(H,20,21);1-2,6H,3H2,(H,12,13)(H,14,15). The van der Waals surface area contributed by atoms with Crippen LogP contribution in [-0.4, -0.2) is 58.4 Å². The highest BCUT2D eigenvalue weighted by Gasteiger charge is 2.24. The zero-order valence-corrected chi connectivity index (χ0v) is 19.1. The van der Waals surface area contributed by atoms with E-state index in [1.54, 1.807) is 13.8 Å². The molecule has 0 aliphatic carbocycles. The number of carbonyl (C=O) groups is 2. The van der Waals surface area contributed by atoms with Crippen LogP contribution in [0.3, 0.4) is 0 Å². The molecule has 0 radical (unpaired) electrons. The number of alkyl halides is 4. The van der Waals surface area contributed by atoms with Crippen molar-refractivity contribution < 1.29 is 41.0 Å². The van der Waals surface area contributed by atoms with E-state index in [1.165, 1.54) is 0 Å². The molecule has 0 fully saturated rings. The number of rotatable bonds is 10. The molecule has 0 aliphatic heterocycles. The van der Waals surface area contributed by atoms with Crippen LogP contribution in [0.15, 0.2) is 24.5 Å². The summed E-state index contributed by atoms with van der Waals surface area (Å²) in [6.07, 6.45) is 2.12. The van der Waals surface area contributed by atoms with E-state index >= 15 is 0 Å². The zero-order valence-electron chi connectivity index (χ0n) is 19.1. The van der Waals surface area contributed by atoms with Crippen molar-refractivity contribution in [2.75, 3.05) is 23.7 Å². The van der Waals surface area contributed by atoms with Gasteiger partial charge in [-0.25, -0.2) is 41.1 Å². The van der Waals surface area contributed by atoms with Gasteiger partial charge in [-0.3, -0.25) is 4.79 Å². The maximum atomic E-state index is 13.2. The summed E-state index contributed by atoms with van der Waals surface area (Å²) in [6.45, 7) is 1.97. The second-order valence-electron chi connectivity index (χ2n) is 7.23. The fraction of sp³-hybridized carbons (Fsp3) is 0.364. The molecule has 196 valence electrons. The number of halogens is 6. The summed E-state index contributed by atoms with van der Waals surface area (Å²) in [5, 5.41) is 15.6. The Morgan fingerprint density at radius 1 is 1.00 bits per heavy atom. The van der Waals surface area contributed by atoms with Gasteiger partial charge in [-0.15, -0.1) is 6.42 Å². The fourth-order valence-electron chi connectivity index (χ4n) is 2.39. The van der Waals surface area contributed by atoms with Gasteiger partial charge in [-0.1, -0.05) is 12.8 Å². The summed E-state index contributed by atoms with van der Waals surface area (Å²) in [4.78, 5) is 29.7. The smallest absolute Gasteiger partial charge is 0.339 e. The lowest BCUT2D eigenvalue weighted by molar-refractivity contribution is 0.0696. The molecule has 0 saturated carbocycles. The fourth-order valence-corrected chi connectivity index (χ4v) is 2.39. The maximum absolute atomic E-state index is 13.2. The molecule has 1 atom stereocenters. The second-order valence-corrected chi connectivity index (χ2v) is 7.23. The van der Waals surface area contributed by atoms with Gasteiger partial charge in [-0.2, -0.15) is 0 Å². The highest BCUT2D eigenvalue weighted by atomic mass is 19.3. The normalized spacial score (nSPS) is 12.1. The molecule has 8 nitrogen and oxygen atoms in total. The van der Waals surface area contributed by atoms with E-state index in [2.05, 4.69) is 31.8 Å². The van der Waals surface area contributed by atoms with Crippen molar-refractivity contribution in [1.82, 2.24) is 15.3 Å². The molecule has 0 saturated heterocycles. The Balaban J connectivity index is 0.000000381. The number of carboxylic acids is 1. The lowest BCUT2D eigenvalue weighted by atomic mass is 9.99. The number of pyridine rings is 2. The summed E-state index contributed by atoms with van der Waals surface area (Å²) in [5.41, 5.74) is -1.56. The van der Waals surface area contributed by atoms with Gasteiger partial charge in [0.1, 0.15) is 28.8 Å². The van der Waals surface area contributed by atoms with Crippen LogP contribution in [0.2, 0.25) is 0 Å². The number of nitrogens with one attached hydrogen (secondary N) is 3. The number of amides is 1. The first-order valence-corrected chi connectivity index (χ1v) is 10.2. The van der Waals surface area contributed by atoms with Gasteiger partial charge in [0.25, 0.3) is 18.8 Å². The number of aromatic nitrogens is 2. The summed E-state index contributed by atoms with van der Waals surface area (Å²) >= 11 is 0. The summed E-state index contributed by atoms with van der Waals surface area (Å²) in [6, 6.07) is 1.63. The van der Waals surface area contributed by atoms with E-state index in [9.17, 15) is 35.9 Å². The predicted molar refractivity (Wildman–Crippen MR) is 119 cm³/mol. The van der Waals surface area contributed by atoms with Gasteiger partial charge >= 0.3 is 5.97 Å². The van der Waals surface area contributed by atoms with Crippen molar-refractivity contribution >= 4 is 23.5 Å². The van der Waals surface area contributed by atoms with Gasteiger partial charge in [0.15, 0.2) is 0 Å². The molecule has 0 aromatic carbocycles. The highest BCUT2D eigenvalue weighted by Crippen LogP contribution is 2.17. The Kier molecular flexibility index (Phi) is 11.5. The first kappa shape index (κ1) is 30.0. The Labute approximate surface area is 202 Å². The molecular formula is C22H23F6N5O3.